The maximum absolute atomic E-state index is 14.0. The number of hydrogen-bond acceptors (Lipinski definition) is 2. The minimum Gasteiger partial charge on any atom is -0.481 e. The lowest BCUT2D eigenvalue weighted by Crippen LogP contribution is -2.27. The van der Waals surface area contributed by atoms with E-state index in [2.05, 4.69) is 5.32 Å². The zero-order chi connectivity index (χ0) is 23.1. The first-order valence-corrected chi connectivity index (χ1v) is 11.2. The van der Waals surface area contributed by atoms with Crippen LogP contribution < -0.4 is 5.32 Å². The molecule has 0 spiro atoms. The molecular weight excluding hydrogens is 436 g/mol. The molecule has 170 valence electrons. The van der Waals surface area contributed by atoms with E-state index in [0.717, 1.165) is 11.1 Å². The van der Waals surface area contributed by atoms with Gasteiger partial charge in [0, 0.05) is 12.8 Å². The van der Waals surface area contributed by atoms with E-state index in [4.69, 9.17) is 11.6 Å². The predicted molar refractivity (Wildman–Crippen MR) is 119 cm³/mol. The summed E-state index contributed by atoms with van der Waals surface area (Å²) in [5, 5.41) is 12.6. The van der Waals surface area contributed by atoms with Gasteiger partial charge >= 0.3 is 5.97 Å². The lowest BCUT2D eigenvalue weighted by Gasteiger charge is -2.24. The molecule has 2 aromatic carbocycles. The molecular formula is C25H26ClF2NO3. The first-order valence-electron chi connectivity index (χ1n) is 10.9. The molecule has 0 radical (unpaired) electrons. The fraction of sp³-hybridized carbons (Fsp3) is 0.440. The quantitative estimate of drug-likeness (QED) is 0.514. The summed E-state index contributed by atoms with van der Waals surface area (Å²) in [6, 6.07) is 12.5. The van der Waals surface area contributed by atoms with E-state index < -0.39 is 29.1 Å². The third-order valence-corrected chi connectivity index (χ3v) is 7.10. The van der Waals surface area contributed by atoms with E-state index in [9.17, 15) is 23.5 Å². The SMILES string of the molecule is Cc1ccc(C(C(=O)Nc2cc(CC3(C(=O)O)CC3)ccc2Cl)C2CCC(F)(F)C2)cc1. The maximum atomic E-state index is 14.0. The molecule has 0 aromatic heterocycles. The van der Waals surface area contributed by atoms with E-state index in [1.807, 2.05) is 31.2 Å². The molecule has 0 heterocycles. The van der Waals surface area contributed by atoms with E-state index in [-0.39, 0.29) is 25.2 Å². The van der Waals surface area contributed by atoms with Crippen LogP contribution in [0.1, 0.15) is 54.7 Å². The van der Waals surface area contributed by atoms with Gasteiger partial charge in [0.2, 0.25) is 11.8 Å². The molecule has 2 unspecified atom stereocenters. The zero-order valence-electron chi connectivity index (χ0n) is 17.8. The second kappa shape index (κ2) is 8.47. The second-order valence-electron chi connectivity index (χ2n) is 9.31. The van der Waals surface area contributed by atoms with Gasteiger partial charge in [0.15, 0.2) is 0 Å². The summed E-state index contributed by atoms with van der Waals surface area (Å²) >= 11 is 6.32. The molecule has 2 fully saturated rings. The Morgan fingerprint density at radius 3 is 2.41 bits per heavy atom. The van der Waals surface area contributed by atoms with Crippen LogP contribution in [0.15, 0.2) is 42.5 Å². The van der Waals surface area contributed by atoms with Crippen LogP contribution in [0.2, 0.25) is 5.02 Å². The number of anilines is 1. The van der Waals surface area contributed by atoms with E-state index in [0.29, 0.717) is 35.5 Å². The van der Waals surface area contributed by atoms with E-state index in [1.165, 1.54) is 0 Å². The van der Waals surface area contributed by atoms with Crippen molar-refractivity contribution in [3.05, 3.63) is 64.2 Å². The van der Waals surface area contributed by atoms with Crippen molar-refractivity contribution < 1.29 is 23.5 Å². The third kappa shape index (κ3) is 4.80. The fourth-order valence-corrected chi connectivity index (χ4v) is 4.84. The smallest absolute Gasteiger partial charge is 0.309 e. The normalized spacial score (nSPS) is 21.7. The second-order valence-corrected chi connectivity index (χ2v) is 9.72. The molecule has 1 amide bonds. The van der Waals surface area contributed by atoms with Crippen LogP contribution in [0.3, 0.4) is 0 Å². The molecule has 0 bridgehead atoms. The average Bonchev–Trinajstić information content (AvgIpc) is 3.43. The summed E-state index contributed by atoms with van der Waals surface area (Å²) in [5.74, 6) is -5.16. The molecule has 7 heteroatoms. The van der Waals surface area contributed by atoms with Crippen LogP contribution in [0.4, 0.5) is 14.5 Å². The van der Waals surface area contributed by atoms with Gasteiger partial charge in [-0.1, -0.05) is 47.5 Å². The van der Waals surface area contributed by atoms with Crippen LogP contribution in [0.5, 0.6) is 0 Å². The highest BCUT2D eigenvalue weighted by molar-refractivity contribution is 6.33. The van der Waals surface area contributed by atoms with Gasteiger partial charge in [-0.05, 0) is 61.8 Å². The Labute approximate surface area is 191 Å². The van der Waals surface area contributed by atoms with Crippen LogP contribution in [0.25, 0.3) is 0 Å². The number of carboxylic acids is 1. The topological polar surface area (TPSA) is 66.4 Å². The molecule has 2 N–H and O–H groups in total. The zero-order valence-corrected chi connectivity index (χ0v) is 18.6. The Bertz CT molecular complexity index is 1030. The number of nitrogens with one attached hydrogen (secondary N) is 1. The van der Waals surface area contributed by atoms with Crippen molar-refractivity contribution in [1.82, 2.24) is 0 Å². The van der Waals surface area contributed by atoms with Crippen molar-refractivity contribution in [3.63, 3.8) is 0 Å². The number of carboxylic acid groups (broad SMARTS) is 1. The molecule has 2 atom stereocenters. The van der Waals surface area contributed by atoms with E-state index >= 15 is 0 Å². The number of halogens is 3. The van der Waals surface area contributed by atoms with Crippen molar-refractivity contribution in [3.8, 4) is 0 Å². The molecule has 2 saturated carbocycles. The first kappa shape index (κ1) is 22.7. The summed E-state index contributed by atoms with van der Waals surface area (Å²) < 4.78 is 27.9. The molecule has 2 aromatic rings. The van der Waals surface area contributed by atoms with Gasteiger partial charge in [0.05, 0.1) is 22.0 Å². The van der Waals surface area contributed by atoms with E-state index in [1.54, 1.807) is 18.2 Å². The number of carbonyl (C=O) groups excluding carboxylic acids is 1. The Balaban J connectivity index is 1.58. The van der Waals surface area contributed by atoms with Gasteiger partial charge in [-0.3, -0.25) is 9.59 Å². The molecule has 4 rings (SSSR count). The number of carbonyl (C=O) groups is 2. The molecule has 0 aliphatic heterocycles. The number of benzene rings is 2. The molecule has 32 heavy (non-hydrogen) atoms. The van der Waals surface area contributed by atoms with Crippen molar-refractivity contribution >= 4 is 29.2 Å². The molecule has 2 aliphatic rings. The number of hydrogen-bond donors (Lipinski definition) is 2. The Morgan fingerprint density at radius 2 is 1.84 bits per heavy atom. The summed E-state index contributed by atoms with van der Waals surface area (Å²) in [7, 11) is 0. The minimum absolute atomic E-state index is 0.221. The Morgan fingerprint density at radius 1 is 1.16 bits per heavy atom. The highest BCUT2D eigenvalue weighted by atomic mass is 35.5. The standard InChI is InChI=1S/C25H26ClF2NO3/c1-15-2-5-17(6-3-15)21(18-8-9-25(27,28)14-18)22(30)29-20-12-16(4-7-19(20)26)13-24(10-11-24)23(31)32/h2-7,12,18,21H,8-11,13-14H2,1H3,(H,29,30)(H,31,32). The largest absolute Gasteiger partial charge is 0.481 e. The summed E-state index contributed by atoms with van der Waals surface area (Å²) in [6.07, 6.45) is 1.33. The molecule has 0 saturated heterocycles. The fourth-order valence-electron chi connectivity index (χ4n) is 4.68. The lowest BCUT2D eigenvalue weighted by molar-refractivity contribution is -0.143. The van der Waals surface area contributed by atoms with Crippen molar-refractivity contribution in [1.29, 1.82) is 0 Å². The molecule has 2 aliphatic carbocycles. The van der Waals surface area contributed by atoms with Crippen molar-refractivity contribution in [2.45, 2.75) is 57.3 Å². The number of alkyl halides is 2. The van der Waals surface area contributed by atoms with Crippen molar-refractivity contribution in [2.75, 3.05) is 5.32 Å². The van der Waals surface area contributed by atoms with Crippen LogP contribution >= 0.6 is 11.6 Å². The third-order valence-electron chi connectivity index (χ3n) is 6.77. The highest BCUT2D eigenvalue weighted by Crippen LogP contribution is 2.49. The monoisotopic (exact) mass is 461 g/mol. The Kier molecular flexibility index (Phi) is 6.01. The minimum atomic E-state index is -2.76. The Hall–Kier alpha value is -2.47. The summed E-state index contributed by atoms with van der Waals surface area (Å²) in [6.45, 7) is 1.93. The van der Waals surface area contributed by atoms with Gasteiger partial charge in [0.25, 0.3) is 0 Å². The van der Waals surface area contributed by atoms with Gasteiger partial charge in [-0.25, -0.2) is 8.78 Å². The number of amides is 1. The van der Waals surface area contributed by atoms with Gasteiger partial charge < -0.3 is 10.4 Å². The average molecular weight is 462 g/mol. The lowest BCUT2D eigenvalue weighted by atomic mass is 9.83. The first-order chi connectivity index (χ1) is 15.1. The van der Waals surface area contributed by atoms with Crippen LogP contribution in [-0.2, 0) is 16.0 Å². The van der Waals surface area contributed by atoms with Crippen LogP contribution in [0, 0.1) is 18.3 Å². The number of aliphatic carboxylic acids is 1. The van der Waals surface area contributed by atoms with Crippen LogP contribution in [-0.4, -0.2) is 22.9 Å². The summed E-state index contributed by atoms with van der Waals surface area (Å²) in [4.78, 5) is 24.9. The molecule has 4 nitrogen and oxygen atoms in total. The van der Waals surface area contributed by atoms with Gasteiger partial charge in [-0.15, -0.1) is 0 Å². The number of rotatable bonds is 7. The maximum Gasteiger partial charge on any atom is 0.309 e. The van der Waals surface area contributed by atoms with Crippen molar-refractivity contribution in [2.24, 2.45) is 11.3 Å². The summed E-state index contributed by atoms with van der Waals surface area (Å²) in [5.41, 5.74) is 2.12. The van der Waals surface area contributed by atoms with Gasteiger partial charge in [-0.2, -0.15) is 0 Å². The highest BCUT2D eigenvalue weighted by Gasteiger charge is 2.50. The predicted octanol–water partition coefficient (Wildman–Crippen LogP) is 6.21. The van der Waals surface area contributed by atoms with Gasteiger partial charge in [0.1, 0.15) is 0 Å². The number of aryl methyl sites for hydroxylation is 1.